The van der Waals surface area contributed by atoms with Gasteiger partial charge in [0, 0.05) is 10.9 Å². The van der Waals surface area contributed by atoms with Crippen LogP contribution in [0, 0.1) is 5.82 Å². The third-order valence-electron chi connectivity index (χ3n) is 2.62. The second-order valence-corrected chi connectivity index (χ2v) is 3.79. The number of H-pyrrole nitrogens is 2. The van der Waals surface area contributed by atoms with Crippen LogP contribution in [0.5, 0.6) is 0 Å². The van der Waals surface area contributed by atoms with Gasteiger partial charge < -0.3 is 15.8 Å². The normalized spacial score (nSPS) is 11.1. The van der Waals surface area contributed by atoms with E-state index in [0.29, 0.717) is 11.4 Å². The summed E-state index contributed by atoms with van der Waals surface area (Å²) < 4.78 is 14.0. The molecule has 0 saturated carbocycles. The van der Waals surface area contributed by atoms with Gasteiger partial charge in [-0.15, -0.1) is 0 Å². The topological polar surface area (TPSA) is 79.6 Å². The van der Waals surface area contributed by atoms with Crippen LogP contribution in [0.15, 0.2) is 35.3 Å². The zero-order valence-corrected chi connectivity index (χ0v) is 8.70. The number of hydrogen-bond donors (Lipinski definition) is 3. The maximum atomic E-state index is 13.0. The van der Waals surface area contributed by atoms with E-state index in [1.807, 2.05) is 0 Å². The number of aromatic amines is 2. The monoisotopic (exact) mass is 232 g/mol. The van der Waals surface area contributed by atoms with Gasteiger partial charge in [-0.1, -0.05) is 0 Å². The minimum atomic E-state index is -0.398. The van der Waals surface area contributed by atoms with E-state index < -0.39 is 5.69 Å². The molecule has 3 rings (SSSR count). The van der Waals surface area contributed by atoms with Gasteiger partial charge in [0.25, 0.3) is 0 Å². The first kappa shape index (κ1) is 9.71. The van der Waals surface area contributed by atoms with Crippen molar-refractivity contribution in [3.63, 3.8) is 0 Å². The fourth-order valence-corrected chi connectivity index (χ4v) is 1.80. The van der Waals surface area contributed by atoms with Gasteiger partial charge in [-0.25, -0.2) is 13.9 Å². The molecular formula is C11H9FN4O. The summed E-state index contributed by atoms with van der Waals surface area (Å²) in [5, 5.41) is 0.741. The number of imidazole rings is 1. The molecule has 0 saturated heterocycles. The van der Waals surface area contributed by atoms with Crippen molar-refractivity contribution in [2.45, 2.75) is 0 Å². The minimum Gasteiger partial charge on any atom is -0.353 e. The first-order valence-electron chi connectivity index (χ1n) is 4.99. The molecule has 0 bridgehead atoms. The molecule has 17 heavy (non-hydrogen) atoms. The predicted octanol–water partition coefficient (Wildman–Crippen LogP) is 1.18. The number of nitrogens with two attached hydrogens (primary N) is 1. The lowest BCUT2D eigenvalue weighted by atomic mass is 10.2. The molecule has 0 fully saturated rings. The second-order valence-electron chi connectivity index (χ2n) is 3.79. The lowest BCUT2D eigenvalue weighted by molar-refractivity contribution is 0.630. The first-order chi connectivity index (χ1) is 8.13. The Kier molecular flexibility index (Phi) is 1.85. The minimum absolute atomic E-state index is 0.298. The highest BCUT2D eigenvalue weighted by Crippen LogP contribution is 2.22. The predicted molar refractivity (Wildman–Crippen MR) is 62.5 cm³/mol. The van der Waals surface area contributed by atoms with E-state index in [4.69, 9.17) is 5.84 Å². The van der Waals surface area contributed by atoms with E-state index in [0.717, 1.165) is 15.6 Å². The van der Waals surface area contributed by atoms with Crippen LogP contribution in [0.2, 0.25) is 0 Å². The van der Waals surface area contributed by atoms with Crippen molar-refractivity contribution in [1.29, 1.82) is 0 Å². The average molecular weight is 232 g/mol. The van der Waals surface area contributed by atoms with Crippen LogP contribution in [-0.2, 0) is 0 Å². The number of nitrogens with one attached hydrogen (secondary N) is 2. The largest absolute Gasteiger partial charge is 0.353 e. The Labute approximate surface area is 94.7 Å². The molecule has 0 unspecified atom stereocenters. The van der Waals surface area contributed by atoms with Crippen molar-refractivity contribution in [2.75, 3.05) is 5.84 Å². The van der Waals surface area contributed by atoms with Crippen molar-refractivity contribution in [3.05, 3.63) is 46.8 Å². The summed E-state index contributed by atoms with van der Waals surface area (Å²) in [5.41, 5.74) is 1.65. The van der Waals surface area contributed by atoms with Crippen LogP contribution in [0.25, 0.3) is 22.3 Å². The highest BCUT2D eigenvalue weighted by atomic mass is 19.1. The Hall–Kier alpha value is -2.50. The Morgan fingerprint density at radius 2 is 2.00 bits per heavy atom. The number of nitrogen functional groups attached to an aromatic ring is 1. The molecule has 2 aromatic heterocycles. The van der Waals surface area contributed by atoms with Gasteiger partial charge in [-0.3, -0.25) is 0 Å². The summed E-state index contributed by atoms with van der Waals surface area (Å²) in [7, 11) is 0. The summed E-state index contributed by atoms with van der Waals surface area (Å²) >= 11 is 0. The maximum absolute atomic E-state index is 13.0. The third-order valence-corrected chi connectivity index (χ3v) is 2.62. The van der Waals surface area contributed by atoms with Gasteiger partial charge in [0.1, 0.15) is 5.82 Å². The molecule has 0 aliphatic rings. The quantitative estimate of drug-likeness (QED) is 0.551. The number of benzene rings is 1. The highest BCUT2D eigenvalue weighted by Gasteiger charge is 2.07. The lowest BCUT2D eigenvalue weighted by Crippen LogP contribution is -2.22. The average Bonchev–Trinajstić information content (AvgIpc) is 2.83. The zero-order valence-electron chi connectivity index (χ0n) is 8.70. The van der Waals surface area contributed by atoms with Crippen LogP contribution in [0.3, 0.4) is 0 Å². The number of nitrogens with zero attached hydrogens (tertiary/aromatic N) is 1. The van der Waals surface area contributed by atoms with Crippen LogP contribution >= 0.6 is 0 Å². The van der Waals surface area contributed by atoms with E-state index >= 15 is 0 Å². The fourth-order valence-electron chi connectivity index (χ4n) is 1.80. The molecule has 0 atom stereocenters. The standard InChI is InChI=1S/C11H9FN4O/c12-7-1-2-8-6(3-7)4-9(14-8)10-5-16(13)11(17)15-10/h1-5,14H,13H2,(H,15,17). The van der Waals surface area contributed by atoms with E-state index in [2.05, 4.69) is 9.97 Å². The van der Waals surface area contributed by atoms with Gasteiger partial charge >= 0.3 is 5.69 Å². The van der Waals surface area contributed by atoms with E-state index in [1.165, 1.54) is 18.3 Å². The Morgan fingerprint density at radius 3 is 2.71 bits per heavy atom. The van der Waals surface area contributed by atoms with Crippen molar-refractivity contribution < 1.29 is 4.39 Å². The molecule has 0 aliphatic carbocycles. The Balaban J connectivity index is 2.21. The van der Waals surface area contributed by atoms with Crippen molar-refractivity contribution in [1.82, 2.24) is 14.6 Å². The number of hydrogen-bond acceptors (Lipinski definition) is 2. The van der Waals surface area contributed by atoms with Crippen molar-refractivity contribution >= 4 is 10.9 Å². The Morgan fingerprint density at radius 1 is 1.18 bits per heavy atom. The summed E-state index contributed by atoms with van der Waals surface area (Å²) in [6.07, 6.45) is 1.48. The highest BCUT2D eigenvalue weighted by molar-refractivity contribution is 5.85. The van der Waals surface area contributed by atoms with Gasteiger partial charge in [0.15, 0.2) is 0 Å². The maximum Gasteiger partial charge on any atom is 0.344 e. The molecule has 0 amide bonds. The Bertz CT molecular complexity index is 752. The number of fused-ring (bicyclic) bond motifs is 1. The summed E-state index contributed by atoms with van der Waals surface area (Å²) in [6, 6.07) is 6.20. The van der Waals surface area contributed by atoms with E-state index in [-0.39, 0.29) is 5.82 Å². The SMILES string of the molecule is Nn1cc(-c2cc3cc(F)ccc3[nH]2)[nH]c1=O. The molecule has 0 radical (unpaired) electrons. The summed E-state index contributed by atoms with van der Waals surface area (Å²) in [6.45, 7) is 0. The zero-order chi connectivity index (χ0) is 12.0. The number of rotatable bonds is 1. The van der Waals surface area contributed by atoms with E-state index in [1.54, 1.807) is 12.1 Å². The third kappa shape index (κ3) is 1.50. The van der Waals surface area contributed by atoms with Crippen LogP contribution in [0.1, 0.15) is 0 Å². The van der Waals surface area contributed by atoms with E-state index in [9.17, 15) is 9.18 Å². The summed E-state index contributed by atoms with van der Waals surface area (Å²) in [5.74, 6) is 5.10. The van der Waals surface area contributed by atoms with Crippen LogP contribution < -0.4 is 11.5 Å². The molecule has 2 heterocycles. The molecule has 86 valence electrons. The first-order valence-corrected chi connectivity index (χ1v) is 4.99. The fraction of sp³-hybridized carbons (Fsp3) is 0. The number of halogens is 1. The van der Waals surface area contributed by atoms with Crippen molar-refractivity contribution in [3.8, 4) is 11.4 Å². The molecule has 6 heteroatoms. The van der Waals surface area contributed by atoms with Gasteiger partial charge in [0.2, 0.25) is 0 Å². The molecule has 1 aromatic carbocycles. The summed E-state index contributed by atoms with van der Waals surface area (Å²) in [4.78, 5) is 16.9. The van der Waals surface area contributed by atoms with Gasteiger partial charge in [-0.05, 0) is 24.3 Å². The van der Waals surface area contributed by atoms with Gasteiger partial charge in [-0.2, -0.15) is 0 Å². The lowest BCUT2D eigenvalue weighted by Gasteiger charge is -1.89. The number of aromatic nitrogens is 3. The second kappa shape index (κ2) is 3.24. The molecule has 0 spiro atoms. The molecule has 3 aromatic rings. The molecule has 0 aliphatic heterocycles. The molecular weight excluding hydrogens is 223 g/mol. The van der Waals surface area contributed by atoms with Gasteiger partial charge in [0.05, 0.1) is 17.6 Å². The van der Waals surface area contributed by atoms with Crippen LogP contribution in [-0.4, -0.2) is 14.6 Å². The molecule has 5 nitrogen and oxygen atoms in total. The molecule has 4 N–H and O–H groups in total. The van der Waals surface area contributed by atoms with Crippen molar-refractivity contribution in [2.24, 2.45) is 0 Å². The smallest absolute Gasteiger partial charge is 0.344 e. The van der Waals surface area contributed by atoms with Crippen LogP contribution in [0.4, 0.5) is 4.39 Å².